The Hall–Kier alpha value is -0.370. The van der Waals surface area contributed by atoms with Gasteiger partial charge in [0.15, 0.2) is 0 Å². The number of hydrogen-bond donors (Lipinski definition) is 0. The van der Waals surface area contributed by atoms with Gasteiger partial charge in [-0.3, -0.25) is 9.69 Å². The third-order valence-corrected chi connectivity index (χ3v) is 4.00. The van der Waals surface area contributed by atoms with E-state index >= 15 is 0 Å². The van der Waals surface area contributed by atoms with Crippen molar-refractivity contribution in [1.82, 2.24) is 4.90 Å². The molecule has 0 aromatic carbocycles. The molecule has 0 amide bonds. The van der Waals surface area contributed by atoms with Gasteiger partial charge in [0, 0.05) is 32.0 Å². The fraction of sp³-hybridized carbons (Fsp3) is 0.917. The van der Waals surface area contributed by atoms with Crippen LogP contribution in [0.25, 0.3) is 0 Å². The van der Waals surface area contributed by atoms with Crippen LogP contribution in [-0.4, -0.2) is 29.8 Å². The van der Waals surface area contributed by atoms with Gasteiger partial charge in [-0.05, 0) is 18.3 Å². The molecule has 2 atom stereocenters. The van der Waals surface area contributed by atoms with E-state index in [4.69, 9.17) is 0 Å². The molecule has 1 heterocycles. The van der Waals surface area contributed by atoms with Crippen LogP contribution in [0.5, 0.6) is 0 Å². The highest BCUT2D eigenvalue weighted by atomic mass is 16.1. The minimum Gasteiger partial charge on any atom is -0.300 e. The van der Waals surface area contributed by atoms with Crippen molar-refractivity contribution >= 4 is 5.78 Å². The van der Waals surface area contributed by atoms with Crippen LogP contribution in [0.2, 0.25) is 0 Å². The molecule has 2 aliphatic rings. The Balaban J connectivity index is 1.87. The highest BCUT2D eigenvalue weighted by Crippen LogP contribution is 2.31. The number of likely N-dealkylation sites (tertiary alicyclic amines) is 1. The van der Waals surface area contributed by atoms with Crippen LogP contribution in [0.1, 0.15) is 39.5 Å². The van der Waals surface area contributed by atoms with E-state index < -0.39 is 0 Å². The van der Waals surface area contributed by atoms with Gasteiger partial charge in [-0.25, -0.2) is 0 Å². The van der Waals surface area contributed by atoms with Gasteiger partial charge < -0.3 is 0 Å². The smallest absolute Gasteiger partial charge is 0.134 e. The Morgan fingerprint density at radius 1 is 1.43 bits per heavy atom. The van der Waals surface area contributed by atoms with Crippen LogP contribution in [0.4, 0.5) is 0 Å². The molecule has 2 rings (SSSR count). The molecule has 0 aromatic heterocycles. The summed E-state index contributed by atoms with van der Waals surface area (Å²) < 4.78 is 0. The normalized spacial score (nSPS) is 35.7. The Morgan fingerprint density at radius 3 is 2.79 bits per heavy atom. The van der Waals surface area contributed by atoms with E-state index in [-0.39, 0.29) is 0 Å². The van der Waals surface area contributed by atoms with E-state index in [1.165, 1.54) is 19.5 Å². The van der Waals surface area contributed by atoms with E-state index in [2.05, 4.69) is 18.7 Å². The lowest BCUT2D eigenvalue weighted by Gasteiger charge is -2.47. The Kier molecular flexibility index (Phi) is 2.91. The SMILES string of the molecule is CCC1CN(C2CC(=O)CCC2C)C1. The average Bonchev–Trinajstić information content (AvgIpc) is 2.09. The molecule has 0 aromatic rings. The van der Waals surface area contributed by atoms with Crippen LogP contribution < -0.4 is 0 Å². The summed E-state index contributed by atoms with van der Waals surface area (Å²) in [5.41, 5.74) is 0. The molecular weight excluding hydrogens is 174 g/mol. The molecule has 14 heavy (non-hydrogen) atoms. The third-order valence-electron chi connectivity index (χ3n) is 4.00. The van der Waals surface area contributed by atoms with Crippen LogP contribution in [-0.2, 0) is 4.79 Å². The molecule has 1 saturated heterocycles. The summed E-state index contributed by atoms with van der Waals surface area (Å²) in [5, 5.41) is 0. The van der Waals surface area contributed by atoms with Gasteiger partial charge in [0.05, 0.1) is 0 Å². The van der Waals surface area contributed by atoms with E-state index in [0.717, 1.165) is 31.1 Å². The van der Waals surface area contributed by atoms with Crippen molar-refractivity contribution in [2.45, 2.75) is 45.6 Å². The highest BCUT2D eigenvalue weighted by molar-refractivity contribution is 5.79. The number of hydrogen-bond acceptors (Lipinski definition) is 2. The molecular formula is C12H21NO. The van der Waals surface area contributed by atoms with E-state index in [9.17, 15) is 4.79 Å². The number of rotatable bonds is 2. The molecule has 2 fully saturated rings. The summed E-state index contributed by atoms with van der Waals surface area (Å²) in [6.45, 7) is 7.03. The van der Waals surface area contributed by atoms with Gasteiger partial charge in [-0.2, -0.15) is 0 Å². The Labute approximate surface area is 86.7 Å². The topological polar surface area (TPSA) is 20.3 Å². The fourth-order valence-corrected chi connectivity index (χ4v) is 2.75. The van der Waals surface area contributed by atoms with Gasteiger partial charge in [-0.15, -0.1) is 0 Å². The predicted octanol–water partition coefficient (Wildman–Crippen LogP) is 2.09. The molecule has 1 aliphatic carbocycles. The van der Waals surface area contributed by atoms with Crippen molar-refractivity contribution in [3.05, 3.63) is 0 Å². The predicted molar refractivity (Wildman–Crippen MR) is 57.2 cm³/mol. The zero-order valence-corrected chi connectivity index (χ0v) is 9.33. The van der Waals surface area contributed by atoms with Gasteiger partial charge >= 0.3 is 0 Å². The minimum absolute atomic E-state index is 0.480. The Bertz CT molecular complexity index is 220. The zero-order chi connectivity index (χ0) is 10.1. The molecule has 2 unspecified atom stereocenters. The van der Waals surface area contributed by atoms with Crippen molar-refractivity contribution in [3.63, 3.8) is 0 Å². The molecule has 1 aliphatic heterocycles. The molecule has 0 bridgehead atoms. The second kappa shape index (κ2) is 4.01. The first-order chi connectivity index (χ1) is 6.70. The lowest BCUT2D eigenvalue weighted by Crippen LogP contribution is -2.55. The maximum absolute atomic E-state index is 11.4. The number of Topliss-reactive ketones (excluding diaryl/α,β-unsaturated/α-hetero) is 1. The number of ketones is 1. The van der Waals surface area contributed by atoms with Gasteiger partial charge in [-0.1, -0.05) is 20.3 Å². The largest absolute Gasteiger partial charge is 0.300 e. The lowest BCUT2D eigenvalue weighted by molar-refractivity contribution is -0.124. The van der Waals surface area contributed by atoms with Crippen LogP contribution in [0, 0.1) is 11.8 Å². The van der Waals surface area contributed by atoms with E-state index in [1.54, 1.807) is 0 Å². The first-order valence-electron chi connectivity index (χ1n) is 5.96. The van der Waals surface area contributed by atoms with E-state index in [0.29, 0.717) is 11.8 Å². The average molecular weight is 195 g/mol. The monoisotopic (exact) mass is 195 g/mol. The standard InChI is InChI=1S/C12H21NO/c1-3-10-7-13(8-10)12-6-11(14)5-4-9(12)2/h9-10,12H,3-8H2,1-2H3. The number of carbonyl (C=O) groups excluding carboxylic acids is 1. The molecule has 0 radical (unpaired) electrons. The van der Waals surface area contributed by atoms with Crippen molar-refractivity contribution in [1.29, 1.82) is 0 Å². The lowest BCUT2D eigenvalue weighted by atomic mass is 9.81. The van der Waals surface area contributed by atoms with Crippen LogP contribution in [0.15, 0.2) is 0 Å². The van der Waals surface area contributed by atoms with E-state index in [1.807, 2.05) is 0 Å². The van der Waals surface area contributed by atoms with Gasteiger partial charge in [0.25, 0.3) is 0 Å². The summed E-state index contributed by atoms with van der Waals surface area (Å²) in [4.78, 5) is 13.9. The van der Waals surface area contributed by atoms with Crippen LogP contribution >= 0.6 is 0 Å². The maximum atomic E-state index is 11.4. The summed E-state index contributed by atoms with van der Waals surface area (Å²) in [6, 6.07) is 0.569. The quantitative estimate of drug-likeness (QED) is 0.672. The molecule has 80 valence electrons. The van der Waals surface area contributed by atoms with Crippen molar-refractivity contribution < 1.29 is 4.79 Å². The van der Waals surface area contributed by atoms with Gasteiger partial charge in [0.1, 0.15) is 5.78 Å². The first kappa shape index (κ1) is 10.2. The van der Waals surface area contributed by atoms with Crippen molar-refractivity contribution in [2.24, 2.45) is 11.8 Å². The summed E-state index contributed by atoms with van der Waals surface area (Å²) in [7, 11) is 0. The zero-order valence-electron chi connectivity index (χ0n) is 9.33. The first-order valence-corrected chi connectivity index (χ1v) is 5.96. The fourth-order valence-electron chi connectivity index (χ4n) is 2.75. The molecule has 1 saturated carbocycles. The summed E-state index contributed by atoms with van der Waals surface area (Å²) in [5.74, 6) is 2.11. The Morgan fingerprint density at radius 2 is 2.14 bits per heavy atom. The third kappa shape index (κ3) is 1.85. The molecule has 2 nitrogen and oxygen atoms in total. The van der Waals surface area contributed by atoms with Gasteiger partial charge in [0.2, 0.25) is 0 Å². The second-order valence-corrected chi connectivity index (χ2v) is 5.05. The minimum atomic E-state index is 0.480. The maximum Gasteiger partial charge on any atom is 0.134 e. The summed E-state index contributed by atoms with van der Waals surface area (Å²) >= 11 is 0. The second-order valence-electron chi connectivity index (χ2n) is 5.05. The number of nitrogens with zero attached hydrogens (tertiary/aromatic N) is 1. The van der Waals surface area contributed by atoms with Crippen LogP contribution in [0.3, 0.4) is 0 Å². The molecule has 2 heteroatoms. The van der Waals surface area contributed by atoms with Crippen molar-refractivity contribution in [2.75, 3.05) is 13.1 Å². The number of carbonyl (C=O) groups is 1. The van der Waals surface area contributed by atoms with Crippen molar-refractivity contribution in [3.8, 4) is 0 Å². The molecule has 0 spiro atoms. The highest BCUT2D eigenvalue weighted by Gasteiger charge is 2.36. The molecule has 0 N–H and O–H groups in total. The summed E-state index contributed by atoms with van der Waals surface area (Å²) in [6.07, 6.45) is 4.04.